The fourth-order valence-electron chi connectivity index (χ4n) is 2.44. The van der Waals surface area contributed by atoms with E-state index in [1.807, 2.05) is 0 Å². The Morgan fingerprint density at radius 1 is 0.682 bits per heavy atom. The molecule has 0 saturated carbocycles. The summed E-state index contributed by atoms with van der Waals surface area (Å²) in [5.41, 5.74) is 3.04. The maximum atomic E-state index is 12.4. The number of hydrogen-bond donors (Lipinski definition) is 6. The quantitative estimate of drug-likeness (QED) is 0.199. The molecule has 22 heavy (non-hydrogen) atoms. The van der Waals surface area contributed by atoms with Crippen molar-refractivity contribution in [1.29, 1.82) is 0 Å². The highest BCUT2D eigenvalue weighted by Crippen LogP contribution is 2.47. The summed E-state index contributed by atoms with van der Waals surface area (Å²) in [7, 11) is 0. The summed E-state index contributed by atoms with van der Waals surface area (Å²) < 4.78 is 0. The summed E-state index contributed by atoms with van der Waals surface area (Å²) in [6.45, 7) is 0. The number of fused-ring (bicyclic) bond motifs is 2. The molecule has 112 valence electrons. The lowest BCUT2D eigenvalue weighted by Crippen LogP contribution is -2.22. The Bertz CT molecular complexity index is 886. The molecule has 7 N–H and O–H groups in total. The Kier molecular flexibility index (Phi) is 2.49. The topological polar surface area (TPSA) is 161 Å². The Morgan fingerprint density at radius 2 is 1.32 bits per heavy atom. The highest BCUT2D eigenvalue weighted by molar-refractivity contribution is 6.31. The second-order valence-corrected chi connectivity index (χ2v) is 4.76. The number of carbonyl (C=O) groups is 2. The maximum absolute atomic E-state index is 12.4. The van der Waals surface area contributed by atoms with Crippen molar-refractivity contribution in [2.24, 2.45) is 0 Å². The van der Waals surface area contributed by atoms with E-state index in [1.54, 1.807) is 0 Å². The molecular weight excluding hydrogens is 294 g/mol. The molecule has 0 heterocycles. The average molecular weight is 303 g/mol. The maximum Gasteiger partial charge on any atom is 0.202 e. The van der Waals surface area contributed by atoms with Crippen molar-refractivity contribution in [3.05, 3.63) is 34.4 Å². The van der Waals surface area contributed by atoms with E-state index in [9.17, 15) is 35.1 Å². The predicted molar refractivity (Wildman–Crippen MR) is 72.5 cm³/mol. The molecule has 3 rings (SSSR count). The first-order valence-corrected chi connectivity index (χ1v) is 5.97. The zero-order valence-electron chi connectivity index (χ0n) is 10.8. The van der Waals surface area contributed by atoms with E-state index >= 15 is 0 Å². The zero-order chi connectivity index (χ0) is 16.3. The third-order valence-corrected chi connectivity index (χ3v) is 3.49. The number of hydrogen-bond acceptors (Lipinski definition) is 8. The van der Waals surface area contributed by atoms with Gasteiger partial charge in [0.05, 0.1) is 22.4 Å². The standard InChI is InChI=1S/C14H9NO7/c15-4-1-3-7(14(22)11(4)19)13(21)9-8(10(3)18)5(16)2-6(17)12(9)20/h1-2,16-17,19-20,22H,15H2. The van der Waals surface area contributed by atoms with Crippen LogP contribution in [0.5, 0.6) is 28.7 Å². The van der Waals surface area contributed by atoms with E-state index in [4.69, 9.17) is 5.73 Å². The van der Waals surface area contributed by atoms with Crippen LogP contribution in [0.15, 0.2) is 12.1 Å². The van der Waals surface area contributed by atoms with Crippen molar-refractivity contribution in [3.8, 4) is 28.7 Å². The van der Waals surface area contributed by atoms with Gasteiger partial charge in [-0.1, -0.05) is 0 Å². The number of anilines is 1. The number of ketones is 2. The first-order valence-electron chi connectivity index (χ1n) is 5.97. The highest BCUT2D eigenvalue weighted by atomic mass is 16.3. The van der Waals surface area contributed by atoms with Crippen LogP contribution in [0.3, 0.4) is 0 Å². The SMILES string of the molecule is Nc1cc2c(c(O)c1O)C(=O)c1c(O)c(O)cc(O)c1C2=O. The number of benzene rings is 2. The van der Waals surface area contributed by atoms with E-state index < -0.39 is 57.0 Å². The first-order chi connectivity index (χ1) is 10.3. The fraction of sp³-hybridized carbons (Fsp3) is 0. The van der Waals surface area contributed by atoms with E-state index in [-0.39, 0.29) is 11.3 Å². The molecule has 0 amide bonds. The molecule has 8 heteroatoms. The molecular formula is C14H9NO7. The summed E-state index contributed by atoms with van der Waals surface area (Å²) in [5, 5.41) is 48.5. The summed E-state index contributed by atoms with van der Waals surface area (Å²) >= 11 is 0. The second-order valence-electron chi connectivity index (χ2n) is 4.76. The third-order valence-electron chi connectivity index (χ3n) is 3.49. The Balaban J connectivity index is 2.46. The van der Waals surface area contributed by atoms with Gasteiger partial charge in [0.25, 0.3) is 0 Å². The Hall–Kier alpha value is -3.42. The molecule has 0 fully saturated rings. The van der Waals surface area contributed by atoms with Gasteiger partial charge in [0.1, 0.15) is 5.75 Å². The van der Waals surface area contributed by atoms with Gasteiger partial charge in [0, 0.05) is 11.6 Å². The molecule has 0 aromatic heterocycles. The molecule has 0 atom stereocenters. The minimum absolute atomic E-state index is 0.328. The van der Waals surface area contributed by atoms with Crippen LogP contribution in [-0.4, -0.2) is 37.1 Å². The summed E-state index contributed by atoms with van der Waals surface area (Å²) in [6.07, 6.45) is 0. The molecule has 0 aliphatic heterocycles. The minimum Gasteiger partial charge on any atom is -0.507 e. The van der Waals surface area contributed by atoms with Crippen molar-refractivity contribution in [3.63, 3.8) is 0 Å². The third kappa shape index (κ3) is 1.46. The number of aromatic hydroxyl groups is 5. The zero-order valence-corrected chi connectivity index (χ0v) is 10.8. The number of carbonyl (C=O) groups excluding carboxylic acids is 2. The summed E-state index contributed by atoms with van der Waals surface area (Å²) in [5.74, 6) is -6.05. The van der Waals surface area contributed by atoms with Gasteiger partial charge >= 0.3 is 0 Å². The minimum atomic E-state index is -1.04. The summed E-state index contributed by atoms with van der Waals surface area (Å²) in [6, 6.07) is 1.70. The number of rotatable bonds is 0. The lowest BCUT2D eigenvalue weighted by Gasteiger charge is -2.21. The molecule has 2 aromatic carbocycles. The van der Waals surface area contributed by atoms with Gasteiger partial charge in [0.15, 0.2) is 28.8 Å². The predicted octanol–water partition coefficient (Wildman–Crippen LogP) is 0.572. The molecule has 1 aliphatic rings. The summed E-state index contributed by atoms with van der Waals surface area (Å²) in [4.78, 5) is 24.8. The van der Waals surface area contributed by atoms with Gasteiger partial charge in [-0.15, -0.1) is 0 Å². The second kappa shape index (κ2) is 4.04. The fourth-order valence-corrected chi connectivity index (χ4v) is 2.44. The van der Waals surface area contributed by atoms with Gasteiger partial charge < -0.3 is 31.3 Å². The van der Waals surface area contributed by atoms with Crippen LogP contribution in [0.2, 0.25) is 0 Å². The van der Waals surface area contributed by atoms with E-state index in [0.29, 0.717) is 6.07 Å². The number of nitrogen functional groups attached to an aromatic ring is 1. The van der Waals surface area contributed by atoms with Crippen LogP contribution in [0.4, 0.5) is 5.69 Å². The molecule has 2 aromatic rings. The molecule has 0 spiro atoms. The average Bonchev–Trinajstić information content (AvgIpc) is 2.45. The largest absolute Gasteiger partial charge is 0.507 e. The molecule has 8 nitrogen and oxygen atoms in total. The lowest BCUT2D eigenvalue weighted by molar-refractivity contribution is 0.0970. The first kappa shape index (κ1) is 13.6. The van der Waals surface area contributed by atoms with Gasteiger partial charge in [-0.25, -0.2) is 0 Å². The van der Waals surface area contributed by atoms with Crippen molar-refractivity contribution < 1.29 is 35.1 Å². The van der Waals surface area contributed by atoms with E-state index in [2.05, 4.69) is 0 Å². The van der Waals surface area contributed by atoms with Crippen molar-refractivity contribution in [2.45, 2.75) is 0 Å². The molecule has 0 saturated heterocycles. The molecule has 0 unspecified atom stereocenters. The van der Waals surface area contributed by atoms with Crippen LogP contribution >= 0.6 is 0 Å². The number of nitrogens with two attached hydrogens (primary N) is 1. The van der Waals surface area contributed by atoms with Gasteiger partial charge in [-0.3, -0.25) is 9.59 Å². The van der Waals surface area contributed by atoms with Gasteiger partial charge in [-0.2, -0.15) is 0 Å². The molecule has 0 bridgehead atoms. The van der Waals surface area contributed by atoms with Crippen molar-refractivity contribution >= 4 is 17.3 Å². The van der Waals surface area contributed by atoms with Gasteiger partial charge in [0.2, 0.25) is 5.78 Å². The Morgan fingerprint density at radius 3 is 1.95 bits per heavy atom. The van der Waals surface area contributed by atoms with Crippen molar-refractivity contribution in [2.75, 3.05) is 5.73 Å². The normalized spacial score (nSPS) is 12.9. The van der Waals surface area contributed by atoms with Crippen LogP contribution in [0.25, 0.3) is 0 Å². The van der Waals surface area contributed by atoms with Crippen LogP contribution in [-0.2, 0) is 0 Å². The van der Waals surface area contributed by atoms with Crippen LogP contribution < -0.4 is 5.73 Å². The molecule has 1 aliphatic carbocycles. The van der Waals surface area contributed by atoms with Crippen molar-refractivity contribution in [1.82, 2.24) is 0 Å². The molecule has 0 radical (unpaired) electrons. The monoisotopic (exact) mass is 303 g/mol. The van der Waals surface area contributed by atoms with E-state index in [0.717, 1.165) is 6.07 Å². The highest BCUT2D eigenvalue weighted by Gasteiger charge is 2.39. The lowest BCUT2D eigenvalue weighted by atomic mass is 9.82. The number of phenols is 5. The van der Waals surface area contributed by atoms with E-state index in [1.165, 1.54) is 0 Å². The Labute approximate surface area is 122 Å². The van der Waals surface area contributed by atoms with Crippen LogP contribution in [0, 0.1) is 0 Å². The van der Waals surface area contributed by atoms with Gasteiger partial charge in [-0.05, 0) is 6.07 Å². The number of phenolic OH excluding ortho intramolecular Hbond substituents is 5. The smallest absolute Gasteiger partial charge is 0.202 e. The van der Waals surface area contributed by atoms with Crippen LogP contribution in [0.1, 0.15) is 31.8 Å².